The molecule has 122 valence electrons. The summed E-state index contributed by atoms with van der Waals surface area (Å²) in [6, 6.07) is 14.4. The Kier molecular flexibility index (Phi) is 6.14. The highest BCUT2D eigenvalue weighted by molar-refractivity contribution is 5.94. The van der Waals surface area contributed by atoms with Gasteiger partial charge in [0.1, 0.15) is 11.8 Å². The van der Waals surface area contributed by atoms with Crippen LogP contribution in [0.1, 0.15) is 13.3 Å². The van der Waals surface area contributed by atoms with E-state index in [9.17, 15) is 4.79 Å². The number of aliphatic hydroxyl groups excluding tert-OH is 1. The lowest BCUT2D eigenvalue weighted by atomic mass is 10.1. The topological polar surface area (TPSA) is 84.6 Å². The molecule has 2 aromatic rings. The molecule has 1 atom stereocenters. The molecule has 0 saturated carbocycles. The molecular weight excluding hydrogens is 292 g/mol. The minimum atomic E-state index is -0.915. The first-order chi connectivity index (χ1) is 11.1. The second-order valence-corrected chi connectivity index (χ2v) is 5.23. The van der Waals surface area contributed by atoms with Crippen LogP contribution in [0.4, 0.5) is 5.69 Å². The van der Waals surface area contributed by atoms with E-state index in [4.69, 9.17) is 15.6 Å². The zero-order chi connectivity index (χ0) is 16.7. The molecule has 0 aliphatic carbocycles. The molecule has 0 spiro atoms. The van der Waals surface area contributed by atoms with Crippen molar-refractivity contribution >= 4 is 11.6 Å². The molecule has 0 fully saturated rings. The van der Waals surface area contributed by atoms with Crippen LogP contribution in [0, 0.1) is 0 Å². The lowest BCUT2D eigenvalue weighted by molar-refractivity contribution is -0.118. The fourth-order valence-electron chi connectivity index (χ4n) is 2.05. The maximum absolute atomic E-state index is 11.6. The normalized spacial score (nSPS) is 11.8. The first kappa shape index (κ1) is 17.0. The number of anilines is 1. The Morgan fingerprint density at radius 2 is 1.96 bits per heavy atom. The van der Waals surface area contributed by atoms with Gasteiger partial charge in [0.05, 0.1) is 13.2 Å². The summed E-state index contributed by atoms with van der Waals surface area (Å²) in [5.74, 6) is 0.436. The van der Waals surface area contributed by atoms with Crippen molar-refractivity contribution in [3.05, 3.63) is 48.5 Å². The second-order valence-electron chi connectivity index (χ2n) is 5.23. The quantitative estimate of drug-likeness (QED) is 0.732. The van der Waals surface area contributed by atoms with E-state index < -0.39 is 11.9 Å². The van der Waals surface area contributed by atoms with Crippen LogP contribution in [0.25, 0.3) is 11.1 Å². The zero-order valence-electron chi connectivity index (χ0n) is 13.2. The van der Waals surface area contributed by atoms with Gasteiger partial charge in [-0.05, 0) is 41.8 Å². The van der Waals surface area contributed by atoms with E-state index in [-0.39, 0.29) is 6.61 Å². The van der Waals surface area contributed by atoms with E-state index >= 15 is 0 Å². The Labute approximate surface area is 136 Å². The monoisotopic (exact) mass is 314 g/mol. The van der Waals surface area contributed by atoms with E-state index in [0.29, 0.717) is 12.3 Å². The largest absolute Gasteiger partial charge is 0.494 e. The van der Waals surface area contributed by atoms with Crippen molar-refractivity contribution in [2.24, 2.45) is 5.73 Å². The Balaban J connectivity index is 2.08. The molecule has 4 N–H and O–H groups in total. The Bertz CT molecular complexity index is 641. The number of benzene rings is 2. The number of hydrogen-bond donors (Lipinski definition) is 3. The molecule has 5 heteroatoms. The molecular formula is C18H22N2O3. The van der Waals surface area contributed by atoms with Crippen molar-refractivity contribution in [2.45, 2.75) is 19.4 Å². The van der Waals surface area contributed by atoms with Gasteiger partial charge in [0.25, 0.3) is 0 Å². The predicted molar refractivity (Wildman–Crippen MR) is 91.4 cm³/mol. The third-order valence-electron chi connectivity index (χ3n) is 3.33. The Morgan fingerprint density at radius 3 is 2.61 bits per heavy atom. The highest BCUT2D eigenvalue weighted by atomic mass is 16.5. The fourth-order valence-corrected chi connectivity index (χ4v) is 2.05. The van der Waals surface area contributed by atoms with Crippen LogP contribution < -0.4 is 15.8 Å². The lowest BCUT2D eigenvalue weighted by Crippen LogP contribution is -2.38. The number of carbonyl (C=O) groups is 1. The zero-order valence-corrected chi connectivity index (χ0v) is 13.2. The minimum absolute atomic E-state index is 0.380. The molecule has 0 bridgehead atoms. The van der Waals surface area contributed by atoms with Gasteiger partial charge in [-0.3, -0.25) is 4.79 Å². The summed E-state index contributed by atoms with van der Waals surface area (Å²) in [5, 5.41) is 11.5. The fraction of sp³-hybridized carbons (Fsp3) is 0.278. The number of carbonyl (C=O) groups excluding carboxylic acids is 1. The van der Waals surface area contributed by atoms with E-state index in [1.165, 1.54) is 0 Å². The number of nitrogens with one attached hydrogen (secondary N) is 1. The first-order valence-electron chi connectivity index (χ1n) is 7.64. The van der Waals surface area contributed by atoms with Crippen LogP contribution in [-0.2, 0) is 4.79 Å². The highest BCUT2D eigenvalue weighted by Crippen LogP contribution is 2.25. The number of amides is 1. The van der Waals surface area contributed by atoms with Crippen molar-refractivity contribution < 1.29 is 14.6 Å². The molecule has 2 rings (SSSR count). The van der Waals surface area contributed by atoms with Crippen molar-refractivity contribution in [1.29, 1.82) is 0 Å². The Morgan fingerprint density at radius 1 is 1.22 bits per heavy atom. The van der Waals surface area contributed by atoms with Gasteiger partial charge in [-0.2, -0.15) is 0 Å². The molecule has 5 nitrogen and oxygen atoms in total. The van der Waals surface area contributed by atoms with Crippen LogP contribution in [0.3, 0.4) is 0 Å². The van der Waals surface area contributed by atoms with Crippen LogP contribution in [-0.4, -0.2) is 30.3 Å². The maximum Gasteiger partial charge on any atom is 0.243 e. The van der Waals surface area contributed by atoms with Gasteiger partial charge >= 0.3 is 0 Å². The average molecular weight is 314 g/mol. The molecule has 0 saturated heterocycles. The van der Waals surface area contributed by atoms with Gasteiger partial charge in [-0.15, -0.1) is 0 Å². The number of ether oxygens (including phenoxy) is 1. The summed E-state index contributed by atoms with van der Waals surface area (Å²) in [7, 11) is 0. The summed E-state index contributed by atoms with van der Waals surface area (Å²) in [5.41, 5.74) is 8.18. The molecule has 2 aromatic carbocycles. The van der Waals surface area contributed by atoms with E-state index in [1.54, 1.807) is 12.1 Å². The van der Waals surface area contributed by atoms with Crippen molar-refractivity contribution in [2.75, 3.05) is 18.5 Å². The van der Waals surface area contributed by atoms with Crippen LogP contribution >= 0.6 is 0 Å². The molecule has 1 amide bonds. The highest BCUT2D eigenvalue weighted by Gasteiger charge is 2.11. The summed E-state index contributed by atoms with van der Waals surface area (Å²) in [6.45, 7) is 2.38. The minimum Gasteiger partial charge on any atom is -0.494 e. The number of hydrogen-bond acceptors (Lipinski definition) is 4. The van der Waals surface area contributed by atoms with Gasteiger partial charge in [0.2, 0.25) is 5.91 Å². The molecule has 0 aliphatic heterocycles. The summed E-state index contributed by atoms with van der Waals surface area (Å²) < 4.78 is 5.64. The van der Waals surface area contributed by atoms with Crippen molar-refractivity contribution in [3.8, 4) is 16.9 Å². The second kappa shape index (κ2) is 8.31. The summed E-state index contributed by atoms with van der Waals surface area (Å²) in [4.78, 5) is 11.6. The van der Waals surface area contributed by atoms with Gasteiger partial charge in [0, 0.05) is 5.69 Å². The van der Waals surface area contributed by atoms with Crippen molar-refractivity contribution in [3.63, 3.8) is 0 Å². The third-order valence-corrected chi connectivity index (χ3v) is 3.33. The number of aliphatic hydroxyl groups is 1. The third kappa shape index (κ3) is 4.81. The standard InChI is InChI=1S/C18H22N2O3/c1-2-10-23-16-5-3-4-14(11-16)13-6-8-15(9-7-13)20-18(22)17(19)12-21/h3-9,11,17,21H,2,10,12,19H2,1H3,(H,20,22)/t17-/m0/s1. The molecule has 0 unspecified atom stereocenters. The van der Waals surface area contributed by atoms with Crippen LogP contribution in [0.5, 0.6) is 5.75 Å². The predicted octanol–water partition coefficient (Wildman–Crippen LogP) is 2.40. The molecule has 0 aromatic heterocycles. The van der Waals surface area contributed by atoms with Gasteiger partial charge in [-0.25, -0.2) is 0 Å². The molecule has 0 heterocycles. The van der Waals surface area contributed by atoms with Crippen LogP contribution in [0.15, 0.2) is 48.5 Å². The average Bonchev–Trinajstić information content (AvgIpc) is 2.60. The molecule has 0 aliphatic rings. The van der Waals surface area contributed by atoms with Gasteiger partial charge in [-0.1, -0.05) is 31.2 Å². The molecule has 23 heavy (non-hydrogen) atoms. The lowest BCUT2D eigenvalue weighted by Gasteiger charge is -2.11. The van der Waals surface area contributed by atoms with E-state index in [0.717, 1.165) is 23.3 Å². The summed E-state index contributed by atoms with van der Waals surface area (Å²) in [6.07, 6.45) is 0.967. The first-order valence-corrected chi connectivity index (χ1v) is 7.64. The Hall–Kier alpha value is -2.37. The van der Waals surface area contributed by atoms with E-state index in [1.807, 2.05) is 36.4 Å². The van der Waals surface area contributed by atoms with Gasteiger partial charge < -0.3 is 20.9 Å². The molecule has 0 radical (unpaired) electrons. The smallest absolute Gasteiger partial charge is 0.243 e. The van der Waals surface area contributed by atoms with E-state index in [2.05, 4.69) is 12.2 Å². The SMILES string of the molecule is CCCOc1cccc(-c2ccc(NC(=O)[C@@H](N)CO)cc2)c1. The summed E-state index contributed by atoms with van der Waals surface area (Å²) >= 11 is 0. The maximum atomic E-state index is 11.6. The number of rotatable bonds is 7. The number of nitrogens with two attached hydrogens (primary N) is 1. The van der Waals surface area contributed by atoms with Crippen molar-refractivity contribution in [1.82, 2.24) is 0 Å². The van der Waals surface area contributed by atoms with Crippen LogP contribution in [0.2, 0.25) is 0 Å². The van der Waals surface area contributed by atoms with Gasteiger partial charge in [0.15, 0.2) is 0 Å².